The molecule has 198 valence electrons. The molecular weight excluding hydrogens is 436 g/mol. The van der Waals surface area contributed by atoms with E-state index in [2.05, 4.69) is 33.0 Å². The average Bonchev–Trinajstić information content (AvgIpc) is 3.23. The fourth-order valence-corrected chi connectivity index (χ4v) is 9.90. The van der Waals surface area contributed by atoms with Gasteiger partial charge in [-0.1, -0.05) is 27.7 Å². The number of carbonyl (C=O) groups excluding carboxylic acids is 2. The van der Waals surface area contributed by atoms with Gasteiger partial charge in [-0.3, -0.25) is 9.59 Å². The second-order valence-corrected chi connectivity index (χ2v) is 13.3. The van der Waals surface area contributed by atoms with E-state index in [4.69, 9.17) is 4.74 Å². The Kier molecular flexibility index (Phi) is 7.40. The van der Waals surface area contributed by atoms with E-state index in [0.717, 1.165) is 44.3 Å². The maximum Gasteiger partial charge on any atom is 0.222 e. The van der Waals surface area contributed by atoms with E-state index in [-0.39, 0.29) is 11.3 Å². The molecule has 0 aromatic carbocycles. The van der Waals surface area contributed by atoms with Gasteiger partial charge in [-0.25, -0.2) is 0 Å². The second-order valence-electron chi connectivity index (χ2n) is 13.3. The number of nitrogens with zero attached hydrogens (tertiary/aromatic N) is 1. The van der Waals surface area contributed by atoms with Crippen molar-refractivity contribution in [2.24, 2.45) is 46.3 Å². The van der Waals surface area contributed by atoms with E-state index in [1.807, 2.05) is 4.90 Å². The number of ketones is 1. The molecule has 5 fully saturated rings. The van der Waals surface area contributed by atoms with Gasteiger partial charge in [0.2, 0.25) is 5.91 Å². The summed E-state index contributed by atoms with van der Waals surface area (Å²) in [5.74, 6) is 4.35. The van der Waals surface area contributed by atoms with Crippen molar-refractivity contribution in [2.75, 3.05) is 32.8 Å². The number of Topliss-reactive ketones (excluding diaryl/α,β-unsaturated/α-hetero) is 1. The van der Waals surface area contributed by atoms with Gasteiger partial charge in [-0.05, 0) is 98.8 Å². The van der Waals surface area contributed by atoms with Crippen LogP contribution in [0.2, 0.25) is 0 Å². The zero-order valence-corrected chi connectivity index (χ0v) is 22.8. The first-order chi connectivity index (χ1) is 16.8. The lowest BCUT2D eigenvalue weighted by molar-refractivity contribution is -0.158. The highest BCUT2D eigenvalue weighted by atomic mass is 16.5. The van der Waals surface area contributed by atoms with E-state index in [1.54, 1.807) is 0 Å². The second kappa shape index (κ2) is 10.1. The molecule has 1 heterocycles. The molecule has 5 rings (SSSR count). The molecule has 1 aliphatic heterocycles. The Morgan fingerprint density at radius 1 is 1.11 bits per heavy atom. The largest absolute Gasteiger partial charge is 0.378 e. The van der Waals surface area contributed by atoms with Crippen LogP contribution in [0.15, 0.2) is 0 Å². The third-order valence-corrected chi connectivity index (χ3v) is 12.0. The number of carbonyl (C=O) groups is 2. The summed E-state index contributed by atoms with van der Waals surface area (Å²) < 4.78 is 5.41. The van der Waals surface area contributed by atoms with Gasteiger partial charge in [0, 0.05) is 37.4 Å². The fourth-order valence-electron chi connectivity index (χ4n) is 9.90. The number of hydrogen-bond donors (Lipinski definition) is 1. The summed E-state index contributed by atoms with van der Waals surface area (Å²) in [5, 5.41) is 3.72. The van der Waals surface area contributed by atoms with Crippen molar-refractivity contribution in [1.82, 2.24) is 10.2 Å². The number of amides is 1. The third kappa shape index (κ3) is 4.41. The SMILES string of the molecule is CCN[C@H]1CC[C@@]2(C)[C@H](CC[C@@H]3[C@@H]2CC(=O)[C@]2(C)[C@@H]([C@H](C)CCC(=O)N4CCOCC4)CC[C@@H]32)C1. The summed E-state index contributed by atoms with van der Waals surface area (Å²) in [6.07, 6.45) is 11.3. The van der Waals surface area contributed by atoms with Crippen molar-refractivity contribution in [3.05, 3.63) is 0 Å². The van der Waals surface area contributed by atoms with Crippen LogP contribution in [-0.2, 0) is 14.3 Å². The van der Waals surface area contributed by atoms with Crippen molar-refractivity contribution in [3.8, 4) is 0 Å². The molecule has 5 nitrogen and oxygen atoms in total. The van der Waals surface area contributed by atoms with E-state index < -0.39 is 0 Å². The van der Waals surface area contributed by atoms with Crippen molar-refractivity contribution in [2.45, 2.75) is 97.9 Å². The van der Waals surface area contributed by atoms with Crippen molar-refractivity contribution >= 4 is 11.7 Å². The first-order valence-corrected chi connectivity index (χ1v) is 14.9. The lowest BCUT2D eigenvalue weighted by atomic mass is 9.44. The van der Waals surface area contributed by atoms with Gasteiger partial charge >= 0.3 is 0 Å². The highest BCUT2D eigenvalue weighted by Gasteiger charge is 2.63. The van der Waals surface area contributed by atoms with E-state index in [0.29, 0.717) is 60.5 Å². The molecule has 1 amide bonds. The van der Waals surface area contributed by atoms with Crippen LogP contribution in [0, 0.1) is 46.3 Å². The Bertz CT molecular complexity index is 794. The van der Waals surface area contributed by atoms with Gasteiger partial charge in [-0.2, -0.15) is 0 Å². The lowest BCUT2D eigenvalue weighted by Crippen LogP contribution is -2.58. The number of hydrogen-bond acceptors (Lipinski definition) is 4. The average molecular weight is 487 g/mol. The Morgan fingerprint density at radius 2 is 1.89 bits per heavy atom. The van der Waals surface area contributed by atoms with Gasteiger partial charge < -0.3 is 15.0 Å². The molecule has 4 aliphatic carbocycles. The molecule has 0 spiro atoms. The molecule has 0 radical (unpaired) electrons. The van der Waals surface area contributed by atoms with Gasteiger partial charge in [0.05, 0.1) is 13.2 Å². The summed E-state index contributed by atoms with van der Waals surface area (Å²) in [6, 6.07) is 0.677. The first-order valence-electron chi connectivity index (χ1n) is 14.9. The summed E-state index contributed by atoms with van der Waals surface area (Å²) in [4.78, 5) is 28.8. The minimum atomic E-state index is -0.174. The van der Waals surface area contributed by atoms with Gasteiger partial charge in [0.1, 0.15) is 5.78 Å². The van der Waals surface area contributed by atoms with Crippen LogP contribution in [-0.4, -0.2) is 55.5 Å². The number of nitrogens with one attached hydrogen (secondary N) is 1. The zero-order chi connectivity index (χ0) is 24.8. The molecule has 9 atom stereocenters. The zero-order valence-electron chi connectivity index (χ0n) is 22.8. The Hall–Kier alpha value is -0.940. The Labute approximate surface area is 213 Å². The summed E-state index contributed by atoms with van der Waals surface area (Å²) in [7, 11) is 0. The molecule has 0 aromatic rings. The van der Waals surface area contributed by atoms with Crippen LogP contribution >= 0.6 is 0 Å². The van der Waals surface area contributed by atoms with Crippen molar-refractivity contribution in [1.29, 1.82) is 0 Å². The molecule has 0 unspecified atom stereocenters. The van der Waals surface area contributed by atoms with Gasteiger partial charge in [0.15, 0.2) is 0 Å². The molecule has 1 saturated heterocycles. The summed E-state index contributed by atoms with van der Waals surface area (Å²) in [5.41, 5.74) is 0.173. The predicted molar refractivity (Wildman–Crippen MR) is 139 cm³/mol. The maximum atomic E-state index is 14.0. The van der Waals surface area contributed by atoms with Crippen LogP contribution in [0.25, 0.3) is 0 Å². The highest BCUT2D eigenvalue weighted by Crippen LogP contribution is 2.67. The van der Waals surface area contributed by atoms with Crippen LogP contribution in [0.1, 0.15) is 91.9 Å². The minimum Gasteiger partial charge on any atom is -0.378 e. The molecule has 5 aliphatic rings. The van der Waals surface area contributed by atoms with Crippen LogP contribution in [0.3, 0.4) is 0 Å². The molecule has 35 heavy (non-hydrogen) atoms. The maximum absolute atomic E-state index is 14.0. The smallest absolute Gasteiger partial charge is 0.222 e. The van der Waals surface area contributed by atoms with Crippen LogP contribution < -0.4 is 5.32 Å². The lowest BCUT2D eigenvalue weighted by Gasteiger charge is -2.60. The molecule has 0 aromatic heterocycles. The Morgan fingerprint density at radius 3 is 2.63 bits per heavy atom. The van der Waals surface area contributed by atoms with Crippen molar-refractivity contribution < 1.29 is 14.3 Å². The highest BCUT2D eigenvalue weighted by molar-refractivity contribution is 5.87. The standard InChI is InChI=1S/C30H50N2O3/c1-5-31-22-12-13-29(3)21(18-22)7-8-23-25-10-9-24(30(25,4)27(33)19-26(23)29)20(2)6-11-28(34)32-14-16-35-17-15-32/h20-26,31H,5-19H2,1-4H3/t20-,21-,22+,23+,24-,25+,26+,29+,30-/m1/s1. The van der Waals surface area contributed by atoms with Crippen molar-refractivity contribution in [3.63, 3.8) is 0 Å². The van der Waals surface area contributed by atoms with Crippen LogP contribution in [0.4, 0.5) is 0 Å². The van der Waals surface area contributed by atoms with E-state index in [9.17, 15) is 9.59 Å². The van der Waals surface area contributed by atoms with Crippen LogP contribution in [0.5, 0.6) is 0 Å². The molecule has 4 saturated carbocycles. The number of rotatable bonds is 6. The third-order valence-electron chi connectivity index (χ3n) is 12.0. The predicted octanol–water partition coefficient (Wildman–Crippen LogP) is 5.08. The Balaban J connectivity index is 1.26. The normalized spacial score (nSPS) is 44.3. The molecule has 0 bridgehead atoms. The van der Waals surface area contributed by atoms with E-state index in [1.165, 1.54) is 44.9 Å². The monoisotopic (exact) mass is 486 g/mol. The topological polar surface area (TPSA) is 58.6 Å². The van der Waals surface area contributed by atoms with Gasteiger partial charge in [-0.15, -0.1) is 0 Å². The number of morpholine rings is 1. The number of fused-ring (bicyclic) bond motifs is 5. The summed E-state index contributed by atoms with van der Waals surface area (Å²) in [6.45, 7) is 13.3. The van der Waals surface area contributed by atoms with Gasteiger partial charge in [0.25, 0.3) is 0 Å². The number of ether oxygens (including phenoxy) is 1. The quantitative estimate of drug-likeness (QED) is 0.569. The molecular formula is C30H50N2O3. The minimum absolute atomic E-state index is 0.174. The van der Waals surface area contributed by atoms with E-state index >= 15 is 0 Å². The fraction of sp³-hybridized carbons (Fsp3) is 0.933. The molecule has 1 N–H and O–H groups in total. The molecule has 5 heteroatoms. The summed E-state index contributed by atoms with van der Waals surface area (Å²) >= 11 is 0. The first kappa shape index (κ1) is 25.7.